The molecule has 0 aliphatic heterocycles. The summed E-state index contributed by atoms with van der Waals surface area (Å²) in [5, 5.41) is 3.68. The number of amides is 2. The smallest absolute Gasteiger partial charge is 0.264 e. The van der Waals surface area contributed by atoms with Crippen molar-refractivity contribution >= 4 is 62.3 Å². The summed E-state index contributed by atoms with van der Waals surface area (Å²) in [6, 6.07) is 27.3. The van der Waals surface area contributed by atoms with Crippen molar-refractivity contribution in [1.29, 1.82) is 0 Å². The number of likely N-dealkylation sites (N-methyl/N-ethyl adjacent to an activating group) is 1. The number of carbonyl (C=O) groups is 2. The van der Waals surface area contributed by atoms with Crippen LogP contribution in [0.1, 0.15) is 18.1 Å². The van der Waals surface area contributed by atoms with E-state index < -0.39 is 28.5 Å². The second kappa shape index (κ2) is 14.8. The van der Waals surface area contributed by atoms with Gasteiger partial charge in [0.1, 0.15) is 12.6 Å². The molecule has 0 radical (unpaired) electrons. The first-order chi connectivity index (χ1) is 20.6. The summed E-state index contributed by atoms with van der Waals surface area (Å²) in [6.07, 6.45) is 0.182. The maximum atomic E-state index is 14.4. The standard InChI is InChI=1S/C32H30Cl3N3O4S/c1-2-36-32(40)30(19-23-11-5-3-6-12-23)37(21-24-17-18-25(33)20-28(24)35)31(39)22-38(29-16-10-9-15-27(29)34)43(41,42)26-13-7-4-8-14-26/h3-18,20,30H,2,19,21-22H2,1H3,(H,36,40)/t30-/m0/s1. The van der Waals surface area contributed by atoms with Crippen molar-refractivity contribution < 1.29 is 18.0 Å². The normalized spacial score (nSPS) is 11.9. The largest absolute Gasteiger partial charge is 0.355 e. The summed E-state index contributed by atoms with van der Waals surface area (Å²) in [5.74, 6) is -1.02. The lowest BCUT2D eigenvalue weighted by Gasteiger charge is -2.34. The van der Waals surface area contributed by atoms with Gasteiger partial charge in [-0.15, -0.1) is 0 Å². The summed E-state index contributed by atoms with van der Waals surface area (Å²) in [7, 11) is -4.25. The van der Waals surface area contributed by atoms with Crippen molar-refractivity contribution in [2.75, 3.05) is 17.4 Å². The average Bonchev–Trinajstić information content (AvgIpc) is 3.00. The molecule has 1 N–H and O–H groups in total. The van der Waals surface area contributed by atoms with Gasteiger partial charge < -0.3 is 10.2 Å². The maximum Gasteiger partial charge on any atom is 0.264 e. The zero-order valence-electron chi connectivity index (χ0n) is 23.3. The highest BCUT2D eigenvalue weighted by Gasteiger charge is 2.35. The first-order valence-corrected chi connectivity index (χ1v) is 16.1. The van der Waals surface area contributed by atoms with Gasteiger partial charge in [0.15, 0.2) is 0 Å². The van der Waals surface area contributed by atoms with Crippen LogP contribution >= 0.6 is 34.8 Å². The molecule has 43 heavy (non-hydrogen) atoms. The minimum atomic E-state index is -4.25. The zero-order chi connectivity index (χ0) is 31.0. The van der Waals surface area contributed by atoms with Crippen LogP contribution in [0.2, 0.25) is 15.1 Å². The van der Waals surface area contributed by atoms with Crippen LogP contribution in [0.25, 0.3) is 0 Å². The van der Waals surface area contributed by atoms with Gasteiger partial charge in [-0.05, 0) is 54.4 Å². The molecule has 0 saturated heterocycles. The molecular formula is C32H30Cl3N3O4S. The predicted molar refractivity (Wildman–Crippen MR) is 172 cm³/mol. The highest BCUT2D eigenvalue weighted by molar-refractivity contribution is 7.92. The number of hydrogen-bond donors (Lipinski definition) is 1. The number of carbonyl (C=O) groups excluding carboxylic acids is 2. The number of sulfonamides is 1. The van der Waals surface area contributed by atoms with Crippen LogP contribution in [0.4, 0.5) is 5.69 Å². The van der Waals surface area contributed by atoms with E-state index in [0.717, 1.165) is 9.87 Å². The fourth-order valence-electron chi connectivity index (χ4n) is 4.57. The second-order valence-electron chi connectivity index (χ2n) is 9.63. The first-order valence-electron chi connectivity index (χ1n) is 13.5. The summed E-state index contributed by atoms with van der Waals surface area (Å²) in [5.41, 5.74) is 1.49. The predicted octanol–water partition coefficient (Wildman–Crippen LogP) is 6.62. The Morgan fingerprint density at radius 3 is 2.07 bits per heavy atom. The minimum absolute atomic E-state index is 0.0143. The number of halogens is 3. The molecule has 4 rings (SSSR count). The number of nitrogens with one attached hydrogen (secondary N) is 1. The van der Waals surface area contributed by atoms with Gasteiger partial charge in [0.2, 0.25) is 11.8 Å². The Morgan fingerprint density at radius 2 is 1.44 bits per heavy atom. The Labute approximate surface area is 267 Å². The molecule has 0 aromatic heterocycles. The van der Waals surface area contributed by atoms with Crippen LogP contribution in [0.15, 0.2) is 108 Å². The maximum absolute atomic E-state index is 14.4. The van der Waals surface area contributed by atoms with Crippen LogP contribution in [-0.2, 0) is 32.6 Å². The first kappa shape index (κ1) is 32.4. The molecule has 1 atom stereocenters. The molecular weight excluding hydrogens is 629 g/mol. The number of nitrogens with zero attached hydrogens (tertiary/aromatic N) is 2. The second-order valence-corrected chi connectivity index (χ2v) is 12.7. The lowest BCUT2D eigenvalue weighted by Crippen LogP contribution is -2.53. The summed E-state index contributed by atoms with van der Waals surface area (Å²) < 4.78 is 28.9. The van der Waals surface area contributed by atoms with Crippen molar-refractivity contribution in [3.8, 4) is 0 Å². The van der Waals surface area contributed by atoms with Crippen molar-refractivity contribution in [1.82, 2.24) is 10.2 Å². The van der Waals surface area contributed by atoms with Gasteiger partial charge in [0, 0.05) is 29.6 Å². The van der Waals surface area contributed by atoms with Gasteiger partial charge in [-0.25, -0.2) is 8.42 Å². The van der Waals surface area contributed by atoms with Crippen molar-refractivity contribution in [2.45, 2.75) is 30.8 Å². The third kappa shape index (κ3) is 8.09. The Balaban J connectivity index is 1.82. The van der Waals surface area contributed by atoms with Crippen molar-refractivity contribution in [3.63, 3.8) is 0 Å². The van der Waals surface area contributed by atoms with E-state index in [1.54, 1.807) is 61.5 Å². The van der Waals surface area contributed by atoms with Crippen LogP contribution in [0.5, 0.6) is 0 Å². The molecule has 4 aromatic rings. The monoisotopic (exact) mass is 657 g/mol. The number of hydrogen-bond acceptors (Lipinski definition) is 4. The van der Waals surface area contributed by atoms with Gasteiger partial charge in [0.05, 0.1) is 15.6 Å². The Kier molecular flexibility index (Phi) is 11.1. The molecule has 224 valence electrons. The summed E-state index contributed by atoms with van der Waals surface area (Å²) in [6.45, 7) is 1.41. The van der Waals surface area contributed by atoms with Crippen LogP contribution in [0.3, 0.4) is 0 Å². The summed E-state index contributed by atoms with van der Waals surface area (Å²) >= 11 is 19.1. The Bertz CT molecular complexity index is 1670. The topological polar surface area (TPSA) is 86.8 Å². The Morgan fingerprint density at radius 1 is 0.814 bits per heavy atom. The van der Waals surface area contributed by atoms with E-state index in [9.17, 15) is 18.0 Å². The highest BCUT2D eigenvalue weighted by atomic mass is 35.5. The molecule has 0 unspecified atom stereocenters. The number of anilines is 1. The summed E-state index contributed by atoms with van der Waals surface area (Å²) in [4.78, 5) is 29.3. The van der Waals surface area contributed by atoms with Gasteiger partial charge in [-0.1, -0.05) is 102 Å². The molecule has 0 saturated carbocycles. The molecule has 0 aliphatic carbocycles. The Hall–Kier alpha value is -3.56. The lowest BCUT2D eigenvalue weighted by atomic mass is 10.0. The third-order valence-corrected chi connectivity index (χ3v) is 9.39. The minimum Gasteiger partial charge on any atom is -0.355 e. The molecule has 4 aromatic carbocycles. The van der Waals surface area contributed by atoms with E-state index in [1.807, 2.05) is 30.3 Å². The fraction of sp³-hybridized carbons (Fsp3) is 0.188. The fourth-order valence-corrected chi connectivity index (χ4v) is 6.78. The number of rotatable bonds is 12. The van der Waals surface area contributed by atoms with E-state index in [2.05, 4.69) is 5.32 Å². The lowest BCUT2D eigenvalue weighted by molar-refractivity contribution is -0.140. The van der Waals surface area contributed by atoms with E-state index >= 15 is 0 Å². The van der Waals surface area contributed by atoms with Crippen molar-refractivity contribution in [2.24, 2.45) is 0 Å². The number of benzene rings is 4. The van der Waals surface area contributed by atoms with E-state index in [1.165, 1.54) is 23.1 Å². The number of para-hydroxylation sites is 1. The van der Waals surface area contributed by atoms with E-state index in [-0.39, 0.29) is 34.5 Å². The van der Waals surface area contributed by atoms with E-state index in [0.29, 0.717) is 22.2 Å². The van der Waals surface area contributed by atoms with Gasteiger partial charge >= 0.3 is 0 Å². The third-order valence-electron chi connectivity index (χ3n) is 6.71. The van der Waals surface area contributed by atoms with E-state index in [4.69, 9.17) is 34.8 Å². The molecule has 11 heteroatoms. The zero-order valence-corrected chi connectivity index (χ0v) is 26.4. The van der Waals surface area contributed by atoms with Gasteiger partial charge in [-0.2, -0.15) is 0 Å². The molecule has 0 spiro atoms. The molecule has 0 aliphatic rings. The van der Waals surface area contributed by atoms with Crippen LogP contribution < -0.4 is 9.62 Å². The SMILES string of the molecule is CCNC(=O)[C@H](Cc1ccccc1)N(Cc1ccc(Cl)cc1Cl)C(=O)CN(c1ccccc1Cl)S(=O)(=O)c1ccccc1. The van der Waals surface area contributed by atoms with Crippen LogP contribution in [0, 0.1) is 0 Å². The molecule has 0 bridgehead atoms. The van der Waals surface area contributed by atoms with Crippen molar-refractivity contribution in [3.05, 3.63) is 129 Å². The van der Waals surface area contributed by atoms with Gasteiger partial charge in [-0.3, -0.25) is 13.9 Å². The van der Waals surface area contributed by atoms with Gasteiger partial charge in [0.25, 0.3) is 10.0 Å². The molecule has 0 fully saturated rings. The molecule has 0 heterocycles. The molecule has 2 amide bonds. The average molecular weight is 659 g/mol. The molecule has 7 nitrogen and oxygen atoms in total. The quantitative estimate of drug-likeness (QED) is 0.185. The highest BCUT2D eigenvalue weighted by Crippen LogP contribution is 2.31. The van der Waals surface area contributed by atoms with Crippen LogP contribution in [-0.4, -0.2) is 44.3 Å².